The zero-order valence-electron chi connectivity index (χ0n) is 22.6. The Labute approximate surface area is 239 Å². The van der Waals surface area contributed by atoms with Crippen molar-refractivity contribution in [2.75, 3.05) is 56.1 Å². The first-order valence-electron chi connectivity index (χ1n) is 13.3. The molecule has 2 amide bonds. The predicted octanol–water partition coefficient (Wildman–Crippen LogP) is 4.20. The summed E-state index contributed by atoms with van der Waals surface area (Å²) in [5, 5.41) is 3.84. The maximum Gasteiger partial charge on any atom is 0.264 e. The van der Waals surface area contributed by atoms with Gasteiger partial charge in [0.05, 0.1) is 49.9 Å². The summed E-state index contributed by atoms with van der Waals surface area (Å²) in [6.07, 6.45) is 1.93. The van der Waals surface area contributed by atoms with Crippen molar-refractivity contribution in [1.82, 2.24) is 5.32 Å². The summed E-state index contributed by atoms with van der Waals surface area (Å²) in [4.78, 5) is 33.2. The third-order valence-electron chi connectivity index (χ3n) is 7.40. The van der Waals surface area contributed by atoms with Crippen LogP contribution in [0.4, 0.5) is 11.4 Å². The van der Waals surface area contributed by atoms with Crippen LogP contribution in [0.15, 0.2) is 70.5 Å². The molecule has 5 rings (SSSR count). The molecule has 3 aromatic carbocycles. The number of anilines is 2. The van der Waals surface area contributed by atoms with Crippen LogP contribution in [0.25, 0.3) is 6.08 Å². The molecule has 0 radical (unpaired) electrons. The van der Waals surface area contributed by atoms with Crippen LogP contribution < -0.4 is 20.0 Å². The first-order chi connectivity index (χ1) is 18.8. The van der Waals surface area contributed by atoms with Crippen LogP contribution in [0, 0.1) is 13.8 Å². The molecule has 2 N–H and O–H groups in total. The summed E-state index contributed by atoms with van der Waals surface area (Å²) in [6.45, 7) is 9.60. The Balaban J connectivity index is 1.15. The minimum atomic E-state index is -0.114. The second-order valence-corrected chi connectivity index (χ2v) is 11.8. The monoisotopic (exact) mass is 561 g/mol. The number of amides is 2. The molecule has 2 heterocycles. The van der Waals surface area contributed by atoms with Crippen molar-refractivity contribution in [2.45, 2.75) is 18.7 Å². The van der Waals surface area contributed by atoms with Gasteiger partial charge in [0.15, 0.2) is 0 Å². The van der Waals surface area contributed by atoms with Gasteiger partial charge in [0.1, 0.15) is 0 Å². The molecule has 39 heavy (non-hydrogen) atoms. The van der Waals surface area contributed by atoms with E-state index in [9.17, 15) is 9.59 Å². The number of aryl methyl sites for hydroxylation is 2. The van der Waals surface area contributed by atoms with E-state index in [2.05, 4.69) is 29.3 Å². The first-order valence-corrected chi connectivity index (χ1v) is 14.5. The third-order valence-corrected chi connectivity index (χ3v) is 8.72. The minimum Gasteiger partial charge on any atom is -0.360 e. The zero-order chi connectivity index (χ0) is 27.5. The SMILES string of the molecule is Cc1cccc(C=C2Sc3ccc(C(=O)NCC[NH+]4CCN(c5cc(Cl)ccc5C)CC4)cc3N(C)C2=O)c1. The van der Waals surface area contributed by atoms with E-state index in [0.717, 1.165) is 59.5 Å². The molecule has 3 aromatic rings. The highest BCUT2D eigenvalue weighted by atomic mass is 35.5. The smallest absolute Gasteiger partial charge is 0.264 e. The molecule has 2 aliphatic heterocycles. The van der Waals surface area contributed by atoms with Crippen LogP contribution in [0.5, 0.6) is 0 Å². The fourth-order valence-electron chi connectivity index (χ4n) is 5.14. The van der Waals surface area contributed by atoms with Gasteiger partial charge in [-0.25, -0.2) is 0 Å². The number of benzene rings is 3. The molecule has 0 bridgehead atoms. The summed E-state index contributed by atoms with van der Waals surface area (Å²) >= 11 is 7.66. The van der Waals surface area contributed by atoms with Gasteiger partial charge in [0.2, 0.25) is 0 Å². The van der Waals surface area contributed by atoms with E-state index in [0.29, 0.717) is 17.0 Å². The number of nitrogens with one attached hydrogen (secondary N) is 2. The molecule has 0 unspecified atom stereocenters. The second kappa shape index (κ2) is 11.9. The number of fused-ring (bicyclic) bond motifs is 1. The van der Waals surface area contributed by atoms with Gasteiger partial charge in [-0.15, -0.1) is 0 Å². The number of carbonyl (C=O) groups is 2. The van der Waals surface area contributed by atoms with E-state index in [-0.39, 0.29) is 11.8 Å². The van der Waals surface area contributed by atoms with Crippen molar-refractivity contribution < 1.29 is 14.5 Å². The average Bonchev–Trinajstić information content (AvgIpc) is 2.93. The summed E-state index contributed by atoms with van der Waals surface area (Å²) in [6, 6.07) is 19.7. The fraction of sp³-hybridized carbons (Fsp3) is 0.290. The number of likely N-dealkylation sites (N-methyl/N-ethyl adjacent to an activating group) is 1. The molecule has 0 aromatic heterocycles. The van der Waals surface area contributed by atoms with Crippen LogP contribution in [0.2, 0.25) is 5.02 Å². The highest BCUT2D eigenvalue weighted by Gasteiger charge is 2.27. The summed E-state index contributed by atoms with van der Waals surface area (Å²) in [5.41, 5.74) is 5.93. The maximum atomic E-state index is 13.1. The molecule has 0 aliphatic carbocycles. The fourth-order valence-corrected chi connectivity index (χ4v) is 6.40. The lowest BCUT2D eigenvalue weighted by molar-refractivity contribution is -0.899. The maximum absolute atomic E-state index is 13.1. The Hall–Kier alpha value is -3.26. The molecule has 6 nitrogen and oxygen atoms in total. The topological polar surface area (TPSA) is 57.1 Å². The normalized spacial score (nSPS) is 16.9. The number of quaternary nitrogens is 1. The standard InChI is InChI=1S/C31H33ClN4O2S/c1-21-5-4-6-23(17-21)18-29-31(38)34(3)27-19-24(8-10-28(27)39-29)30(37)33-11-12-35-13-15-36(16-14-35)26-20-25(32)9-7-22(26)2/h4-10,17-20H,11-16H2,1-3H3,(H,33,37)/p+1. The molecule has 0 saturated carbocycles. The highest BCUT2D eigenvalue weighted by Crippen LogP contribution is 2.42. The molecular weight excluding hydrogens is 528 g/mol. The lowest BCUT2D eigenvalue weighted by Crippen LogP contribution is -3.15. The summed E-state index contributed by atoms with van der Waals surface area (Å²) in [7, 11) is 1.76. The van der Waals surface area contributed by atoms with Crippen molar-refractivity contribution in [3.8, 4) is 0 Å². The quantitative estimate of drug-likeness (QED) is 0.443. The molecule has 202 valence electrons. The Morgan fingerprint density at radius 3 is 2.62 bits per heavy atom. The molecule has 1 fully saturated rings. The molecule has 0 atom stereocenters. The molecule has 0 spiro atoms. The van der Waals surface area contributed by atoms with Crippen molar-refractivity contribution >= 4 is 52.6 Å². The summed E-state index contributed by atoms with van der Waals surface area (Å²) in [5.74, 6) is -0.181. The van der Waals surface area contributed by atoms with E-state index in [1.807, 2.05) is 61.5 Å². The van der Waals surface area contributed by atoms with Crippen LogP contribution in [-0.2, 0) is 4.79 Å². The van der Waals surface area contributed by atoms with Crippen molar-refractivity contribution in [3.05, 3.63) is 92.8 Å². The molecule has 1 saturated heterocycles. The minimum absolute atomic E-state index is 0.0673. The lowest BCUT2D eigenvalue weighted by Gasteiger charge is -2.34. The Morgan fingerprint density at radius 1 is 1.05 bits per heavy atom. The van der Waals surface area contributed by atoms with Gasteiger partial charge in [-0.3, -0.25) is 9.59 Å². The zero-order valence-corrected chi connectivity index (χ0v) is 24.2. The van der Waals surface area contributed by atoms with E-state index in [1.54, 1.807) is 11.9 Å². The average molecular weight is 562 g/mol. The lowest BCUT2D eigenvalue weighted by atomic mass is 10.1. The molecular formula is C31H34ClN4O2S+. The number of hydrogen-bond acceptors (Lipinski definition) is 4. The van der Waals surface area contributed by atoms with Gasteiger partial charge < -0.3 is 20.0 Å². The number of nitrogens with zero attached hydrogens (tertiary/aromatic N) is 2. The number of hydrogen-bond donors (Lipinski definition) is 2. The van der Waals surface area contributed by atoms with Gasteiger partial charge in [-0.2, -0.15) is 0 Å². The van der Waals surface area contributed by atoms with Gasteiger partial charge in [0, 0.05) is 28.2 Å². The number of piperazine rings is 1. The van der Waals surface area contributed by atoms with E-state index < -0.39 is 0 Å². The second-order valence-electron chi connectivity index (χ2n) is 10.2. The van der Waals surface area contributed by atoms with Crippen LogP contribution in [0.1, 0.15) is 27.0 Å². The van der Waals surface area contributed by atoms with E-state index in [1.165, 1.54) is 27.9 Å². The van der Waals surface area contributed by atoms with Crippen LogP contribution >= 0.6 is 23.4 Å². The Morgan fingerprint density at radius 2 is 1.85 bits per heavy atom. The van der Waals surface area contributed by atoms with Crippen LogP contribution in [0.3, 0.4) is 0 Å². The van der Waals surface area contributed by atoms with Crippen molar-refractivity contribution in [2.24, 2.45) is 0 Å². The number of halogens is 1. The van der Waals surface area contributed by atoms with Gasteiger partial charge in [-0.05, 0) is 61.4 Å². The Bertz CT molecular complexity index is 1430. The predicted molar refractivity (Wildman–Crippen MR) is 161 cm³/mol. The Kier molecular flexibility index (Phi) is 8.31. The number of thioether (sulfide) groups is 1. The van der Waals surface area contributed by atoms with Gasteiger partial charge in [-0.1, -0.05) is 59.3 Å². The van der Waals surface area contributed by atoms with Crippen LogP contribution in [-0.4, -0.2) is 58.1 Å². The van der Waals surface area contributed by atoms with Crippen molar-refractivity contribution in [3.63, 3.8) is 0 Å². The largest absolute Gasteiger partial charge is 0.360 e. The van der Waals surface area contributed by atoms with Gasteiger partial charge in [0.25, 0.3) is 11.8 Å². The highest BCUT2D eigenvalue weighted by molar-refractivity contribution is 8.04. The van der Waals surface area contributed by atoms with Gasteiger partial charge >= 0.3 is 0 Å². The van der Waals surface area contributed by atoms with Crippen molar-refractivity contribution in [1.29, 1.82) is 0 Å². The summed E-state index contributed by atoms with van der Waals surface area (Å²) < 4.78 is 0. The van der Waals surface area contributed by atoms with E-state index >= 15 is 0 Å². The third kappa shape index (κ3) is 6.32. The molecule has 8 heteroatoms. The first kappa shape index (κ1) is 27.3. The molecule has 2 aliphatic rings. The number of carbonyl (C=O) groups excluding carboxylic acids is 2. The van der Waals surface area contributed by atoms with E-state index in [4.69, 9.17) is 11.6 Å². The number of rotatable bonds is 6.